The molecule has 1 aromatic rings. The van der Waals surface area contributed by atoms with Crippen LogP contribution in [0.5, 0.6) is 0 Å². The summed E-state index contributed by atoms with van der Waals surface area (Å²) in [6.07, 6.45) is 0. The number of benzene rings is 1. The van der Waals surface area contributed by atoms with Gasteiger partial charge in [-0.15, -0.1) is 0 Å². The molecule has 0 spiro atoms. The van der Waals surface area contributed by atoms with Crippen LogP contribution in [0.2, 0.25) is 0 Å². The molecule has 1 aromatic carbocycles. The topological polar surface area (TPSA) is 26.3 Å². The van der Waals surface area contributed by atoms with E-state index in [2.05, 4.69) is 47.8 Å². The lowest BCUT2D eigenvalue weighted by atomic mass is 10.2. The highest BCUT2D eigenvalue weighted by molar-refractivity contribution is 9.11. The Kier molecular flexibility index (Phi) is 4.60. The zero-order chi connectivity index (χ0) is 10.7. The summed E-state index contributed by atoms with van der Waals surface area (Å²) >= 11 is 9.94. The molecule has 0 saturated carbocycles. The molecule has 0 N–H and O–H groups in total. The van der Waals surface area contributed by atoms with E-state index < -0.39 is 0 Å². The second-order valence-corrected chi connectivity index (χ2v) is 5.09. The fourth-order valence-corrected chi connectivity index (χ4v) is 3.52. The molecule has 0 aliphatic heterocycles. The number of ether oxygens (including phenoxy) is 1. The first-order valence-corrected chi connectivity index (χ1v) is 6.25. The van der Waals surface area contributed by atoms with Crippen molar-refractivity contribution < 1.29 is 9.53 Å². The number of carbonyl (C=O) groups excluding carboxylic acids is 1. The third-order valence-corrected chi connectivity index (χ3v) is 3.20. The van der Waals surface area contributed by atoms with Crippen LogP contribution in [0.4, 0.5) is 0 Å². The minimum absolute atomic E-state index is 0.334. The highest BCUT2D eigenvalue weighted by atomic mass is 79.9. The van der Waals surface area contributed by atoms with Crippen molar-refractivity contribution in [2.45, 2.75) is 6.92 Å². The molecule has 1 rings (SSSR count). The first-order chi connectivity index (χ1) is 6.56. The summed E-state index contributed by atoms with van der Waals surface area (Å²) in [7, 11) is 0. The third-order valence-electron chi connectivity index (χ3n) is 1.49. The summed E-state index contributed by atoms with van der Waals surface area (Å²) in [6.45, 7) is 2.15. The highest BCUT2D eigenvalue weighted by Gasteiger charge is 2.15. The smallest absolute Gasteiger partial charge is 0.340 e. The van der Waals surface area contributed by atoms with Crippen LogP contribution in [0.1, 0.15) is 17.3 Å². The van der Waals surface area contributed by atoms with Crippen molar-refractivity contribution in [1.29, 1.82) is 0 Å². The lowest BCUT2D eigenvalue weighted by Gasteiger charge is -2.06. The maximum absolute atomic E-state index is 11.5. The van der Waals surface area contributed by atoms with Crippen molar-refractivity contribution in [2.75, 3.05) is 6.61 Å². The first kappa shape index (κ1) is 12.2. The number of esters is 1. The molecule has 0 fully saturated rings. The van der Waals surface area contributed by atoms with E-state index in [4.69, 9.17) is 4.74 Å². The van der Waals surface area contributed by atoms with E-state index in [0.29, 0.717) is 21.1 Å². The Morgan fingerprint density at radius 3 is 2.21 bits per heavy atom. The first-order valence-electron chi connectivity index (χ1n) is 3.88. The Hall–Kier alpha value is 0.130. The Morgan fingerprint density at radius 2 is 1.79 bits per heavy atom. The summed E-state index contributed by atoms with van der Waals surface area (Å²) in [4.78, 5) is 11.5. The maximum atomic E-state index is 11.5. The zero-order valence-electron chi connectivity index (χ0n) is 7.31. The molecule has 5 heteroatoms. The van der Waals surface area contributed by atoms with Crippen molar-refractivity contribution >= 4 is 53.8 Å². The minimum Gasteiger partial charge on any atom is -0.462 e. The van der Waals surface area contributed by atoms with E-state index >= 15 is 0 Å². The second-order valence-electron chi connectivity index (χ2n) is 2.46. The molecule has 0 amide bonds. The van der Waals surface area contributed by atoms with Crippen LogP contribution in [0, 0.1) is 0 Å². The summed E-state index contributed by atoms with van der Waals surface area (Å²) < 4.78 is 7.22. The van der Waals surface area contributed by atoms with Crippen LogP contribution in [-0.2, 0) is 4.74 Å². The highest BCUT2D eigenvalue weighted by Crippen LogP contribution is 2.30. The fraction of sp³-hybridized carbons (Fsp3) is 0.222. The molecule has 0 unspecified atom stereocenters. The Labute approximate surface area is 107 Å². The molecule has 2 nitrogen and oxygen atoms in total. The molecule has 0 aliphatic rings. The summed E-state index contributed by atoms with van der Waals surface area (Å²) in [6, 6.07) is 3.61. The lowest BCUT2D eigenvalue weighted by molar-refractivity contribution is 0.0524. The zero-order valence-corrected chi connectivity index (χ0v) is 12.1. The molecule has 0 saturated heterocycles. The van der Waals surface area contributed by atoms with Crippen molar-refractivity contribution in [2.24, 2.45) is 0 Å². The van der Waals surface area contributed by atoms with E-state index in [0.717, 1.165) is 4.47 Å². The molecule has 0 bridgehead atoms. The lowest BCUT2D eigenvalue weighted by Crippen LogP contribution is -2.06. The van der Waals surface area contributed by atoms with Crippen LogP contribution < -0.4 is 0 Å². The van der Waals surface area contributed by atoms with Crippen molar-refractivity contribution in [1.82, 2.24) is 0 Å². The molecule has 14 heavy (non-hydrogen) atoms. The van der Waals surface area contributed by atoms with E-state index in [9.17, 15) is 4.79 Å². The van der Waals surface area contributed by atoms with Crippen molar-refractivity contribution in [3.8, 4) is 0 Å². The van der Waals surface area contributed by atoms with E-state index in [1.807, 2.05) is 0 Å². The number of halogens is 3. The van der Waals surface area contributed by atoms with Crippen LogP contribution in [0.25, 0.3) is 0 Å². The molecule has 0 aromatic heterocycles. The predicted molar refractivity (Wildman–Crippen MR) is 65.5 cm³/mol. The van der Waals surface area contributed by atoms with Crippen molar-refractivity contribution in [3.05, 3.63) is 31.1 Å². The number of hydrogen-bond acceptors (Lipinski definition) is 2. The standard InChI is InChI=1S/C9H7Br3O2/c1-2-14-9(13)8-6(11)3-5(10)4-7(8)12/h3-4H,2H2,1H3. The predicted octanol–water partition coefficient (Wildman–Crippen LogP) is 4.15. The molecule has 0 heterocycles. The number of carbonyl (C=O) groups is 1. The fourth-order valence-electron chi connectivity index (χ4n) is 0.940. The molecule has 76 valence electrons. The van der Waals surface area contributed by atoms with E-state index in [1.54, 1.807) is 19.1 Å². The largest absolute Gasteiger partial charge is 0.462 e. The molecular weight excluding hydrogens is 380 g/mol. The molecular formula is C9H7Br3O2. The Balaban J connectivity index is 3.14. The van der Waals surface area contributed by atoms with Crippen LogP contribution >= 0.6 is 47.8 Å². The molecule has 0 atom stereocenters. The van der Waals surface area contributed by atoms with Gasteiger partial charge in [0.15, 0.2) is 0 Å². The number of hydrogen-bond donors (Lipinski definition) is 0. The van der Waals surface area contributed by atoms with Gasteiger partial charge >= 0.3 is 5.97 Å². The summed E-state index contributed by atoms with van der Waals surface area (Å²) in [5.41, 5.74) is 0.509. The molecule has 0 aliphatic carbocycles. The summed E-state index contributed by atoms with van der Waals surface area (Å²) in [5, 5.41) is 0. The Bertz CT molecular complexity index is 340. The van der Waals surface area contributed by atoms with Gasteiger partial charge in [0.2, 0.25) is 0 Å². The third kappa shape index (κ3) is 2.81. The van der Waals surface area contributed by atoms with Crippen molar-refractivity contribution in [3.63, 3.8) is 0 Å². The van der Waals surface area contributed by atoms with Gasteiger partial charge in [0.25, 0.3) is 0 Å². The van der Waals surface area contributed by atoms with Gasteiger partial charge in [0, 0.05) is 13.4 Å². The SMILES string of the molecule is CCOC(=O)c1c(Br)cc(Br)cc1Br. The van der Waals surface area contributed by atoms with Gasteiger partial charge in [-0.3, -0.25) is 0 Å². The normalized spacial score (nSPS) is 10.0. The van der Waals surface area contributed by atoms with Gasteiger partial charge in [-0.1, -0.05) is 15.9 Å². The van der Waals surface area contributed by atoms with E-state index in [-0.39, 0.29) is 5.97 Å². The minimum atomic E-state index is -0.334. The quantitative estimate of drug-likeness (QED) is 0.714. The van der Waals surface area contributed by atoms with Gasteiger partial charge in [-0.05, 0) is 50.9 Å². The van der Waals surface area contributed by atoms with Gasteiger partial charge in [-0.25, -0.2) is 4.79 Å². The average molecular weight is 387 g/mol. The van der Waals surface area contributed by atoms with Gasteiger partial charge < -0.3 is 4.74 Å². The van der Waals surface area contributed by atoms with Gasteiger partial charge in [0.05, 0.1) is 12.2 Å². The Morgan fingerprint density at radius 1 is 1.29 bits per heavy atom. The number of rotatable bonds is 2. The summed E-state index contributed by atoms with van der Waals surface area (Å²) in [5.74, 6) is -0.334. The average Bonchev–Trinajstić information content (AvgIpc) is 2.01. The van der Waals surface area contributed by atoms with E-state index in [1.165, 1.54) is 0 Å². The van der Waals surface area contributed by atoms with Crippen LogP contribution in [-0.4, -0.2) is 12.6 Å². The van der Waals surface area contributed by atoms with Crippen LogP contribution in [0.15, 0.2) is 25.6 Å². The second kappa shape index (κ2) is 5.28. The monoisotopic (exact) mass is 384 g/mol. The van der Waals surface area contributed by atoms with Crippen LogP contribution in [0.3, 0.4) is 0 Å². The van der Waals surface area contributed by atoms with Gasteiger partial charge in [-0.2, -0.15) is 0 Å². The molecule has 0 radical (unpaired) electrons. The van der Waals surface area contributed by atoms with Gasteiger partial charge in [0.1, 0.15) is 0 Å². The maximum Gasteiger partial charge on any atom is 0.340 e.